The molecule has 0 aliphatic heterocycles. The summed E-state index contributed by atoms with van der Waals surface area (Å²) in [5.74, 6) is 1.20. The second-order valence-electron chi connectivity index (χ2n) is 6.56. The van der Waals surface area contributed by atoms with Gasteiger partial charge in [0.05, 0.1) is 4.47 Å². The fourth-order valence-electron chi connectivity index (χ4n) is 2.82. The Hall–Kier alpha value is 3.80. The maximum Gasteiger partial charge on any atom is 0.220 e. The van der Waals surface area contributed by atoms with Crippen molar-refractivity contribution in [2.24, 2.45) is 0 Å². The average Bonchev–Trinajstić information content (AvgIpc) is 2.70. The van der Waals surface area contributed by atoms with Crippen molar-refractivity contribution in [3.8, 4) is 11.5 Å². The van der Waals surface area contributed by atoms with Gasteiger partial charge in [-0.3, -0.25) is 0 Å². The predicted octanol–water partition coefficient (Wildman–Crippen LogP) is 11.8. The predicted molar refractivity (Wildman–Crippen MR) is 175 cm³/mol. The molecule has 0 spiro atoms. The van der Waals surface area contributed by atoms with Crippen molar-refractivity contribution in [3.63, 3.8) is 0 Å². The maximum atomic E-state index is 6.69. The molecule has 32 heavy (non-hydrogen) atoms. The van der Waals surface area contributed by atoms with E-state index in [1.54, 1.807) is 0 Å². The molecule has 0 radical (unpaired) electrons. The topological polar surface area (TPSA) is 18.5 Å². The van der Waals surface area contributed by atoms with Crippen molar-refractivity contribution in [3.05, 3.63) is 57.5 Å². The molecule has 2 nitrogen and oxygen atoms in total. The highest BCUT2D eigenvalue weighted by Crippen LogP contribution is 2.80. The molecule has 0 N–H and O–H groups in total. The van der Waals surface area contributed by atoms with Gasteiger partial charge in [0.15, 0.2) is 9.70 Å². The number of para-hydroxylation sites is 1. The third-order valence-corrected chi connectivity index (χ3v) is 27.0. The first-order valence-electron chi connectivity index (χ1n) is 8.24. The molecule has 2 aromatic rings. The zero-order valence-corrected chi connectivity index (χ0v) is 34.0. The van der Waals surface area contributed by atoms with Crippen LogP contribution in [0.4, 0.5) is 0 Å². The normalized spacial score (nSPS) is 29.9. The Bertz CT molecular complexity index is 1010. The molecule has 2 atom stereocenters. The van der Waals surface area contributed by atoms with E-state index in [1.807, 2.05) is 48.5 Å². The van der Waals surface area contributed by atoms with E-state index in [0.717, 1.165) is 8.95 Å². The van der Waals surface area contributed by atoms with Gasteiger partial charge in [0.1, 0.15) is 14.7 Å². The van der Waals surface area contributed by atoms with Crippen LogP contribution in [0.1, 0.15) is 0 Å². The van der Waals surface area contributed by atoms with E-state index in [0.29, 0.717) is 11.5 Å². The highest BCUT2D eigenvalue weighted by molar-refractivity contribution is 9.34. The summed E-state index contributed by atoms with van der Waals surface area (Å²) in [6, 6.07) is 15.1. The summed E-state index contributed by atoms with van der Waals surface area (Å²) in [7, 11) is 0. The van der Waals surface area contributed by atoms with E-state index in [4.69, 9.17) is 9.47 Å². The molecule has 3 rings (SSSR count). The summed E-state index contributed by atoms with van der Waals surface area (Å²) in [5, 5.41) is 0. The smallest absolute Gasteiger partial charge is 0.220 e. The first kappa shape index (κ1) is 30.3. The van der Waals surface area contributed by atoms with Crippen molar-refractivity contribution in [2.75, 3.05) is 0 Å². The lowest BCUT2D eigenvalue weighted by molar-refractivity contribution is 0.0355. The van der Waals surface area contributed by atoms with Gasteiger partial charge in [0.25, 0.3) is 0 Å². The summed E-state index contributed by atoms with van der Waals surface area (Å²) >= 11 is 45.8. The molecule has 14 heteroatoms. The molecule has 0 heterocycles. The molecule has 0 aromatic heterocycles. The lowest BCUT2D eigenvalue weighted by atomic mass is 9.92. The van der Waals surface area contributed by atoms with Crippen LogP contribution in [0.3, 0.4) is 0 Å². The minimum absolute atomic E-state index is 0.574. The Labute approximate surface area is 286 Å². The maximum absolute atomic E-state index is 6.69. The van der Waals surface area contributed by atoms with Gasteiger partial charge < -0.3 is 9.47 Å². The standard InChI is InChI=1S/C18H8Br12O2/c19-10-7-4-8-11(12(10)20)32-18(30)15(25,26)13(21,22)14(23,24)17(29,16(18,27)28)31-9-5-2-1-3-6-9/h1-8H. The van der Waals surface area contributed by atoms with Crippen molar-refractivity contribution in [1.82, 2.24) is 0 Å². The number of rotatable bonds is 4. The Morgan fingerprint density at radius 2 is 1.00 bits per heavy atom. The van der Waals surface area contributed by atoms with E-state index in [9.17, 15) is 0 Å². The zero-order valence-electron chi connectivity index (χ0n) is 15.0. The number of benzene rings is 2. The molecule has 1 aliphatic rings. The van der Waals surface area contributed by atoms with Crippen LogP contribution in [0.15, 0.2) is 57.5 Å². The molecule has 2 unspecified atom stereocenters. The van der Waals surface area contributed by atoms with Gasteiger partial charge in [0.2, 0.25) is 9.02 Å². The van der Waals surface area contributed by atoms with Crippen molar-refractivity contribution in [2.45, 2.75) is 22.0 Å². The van der Waals surface area contributed by atoms with Gasteiger partial charge in [-0.1, -0.05) is 152 Å². The van der Waals surface area contributed by atoms with Gasteiger partial charge in [-0.25, -0.2) is 0 Å². The Morgan fingerprint density at radius 3 is 1.53 bits per heavy atom. The molecule has 0 amide bonds. The SMILES string of the molecule is Brc1cccc(OC2(Br)C(Br)(Br)C(Br)(Br)C(Br)(Br)C(Br)(Oc3ccccc3)C2(Br)Br)c1Br. The van der Waals surface area contributed by atoms with Crippen LogP contribution in [-0.4, -0.2) is 22.0 Å². The largest absolute Gasteiger partial charge is 0.471 e. The van der Waals surface area contributed by atoms with Gasteiger partial charge in [-0.15, -0.1) is 0 Å². The third-order valence-electron chi connectivity index (χ3n) is 4.57. The van der Waals surface area contributed by atoms with Gasteiger partial charge in [-0.05, 0) is 88.0 Å². The summed E-state index contributed by atoms with van der Waals surface area (Å²) < 4.78 is 8.10. The molecule has 2 aromatic carbocycles. The highest BCUT2D eigenvalue weighted by Gasteiger charge is 2.88. The summed E-state index contributed by atoms with van der Waals surface area (Å²) in [4.78, 5) is 0. The fourth-order valence-corrected chi connectivity index (χ4v) is 14.9. The molecular formula is C18H8Br12O2. The zero-order chi connectivity index (χ0) is 24.4. The van der Waals surface area contributed by atoms with Gasteiger partial charge >= 0.3 is 0 Å². The number of alkyl halides is 10. The molecular weight excluding hydrogens is 1210 g/mol. The van der Waals surface area contributed by atoms with Crippen LogP contribution in [0, 0.1) is 0 Å². The Balaban J connectivity index is 2.28. The van der Waals surface area contributed by atoms with Crippen LogP contribution in [0.5, 0.6) is 11.5 Å². The fraction of sp³-hybridized carbons (Fsp3) is 0.333. The third kappa shape index (κ3) is 4.51. The molecule has 176 valence electrons. The number of hydrogen-bond donors (Lipinski definition) is 0. The Kier molecular flexibility index (Phi) is 9.87. The minimum atomic E-state index is -1.29. The lowest BCUT2D eigenvalue weighted by Gasteiger charge is -2.65. The average molecular weight is 1220 g/mol. The summed E-state index contributed by atoms with van der Waals surface area (Å²) in [5.41, 5.74) is 0. The van der Waals surface area contributed by atoms with Crippen LogP contribution in [-0.2, 0) is 0 Å². The van der Waals surface area contributed by atoms with Crippen LogP contribution < -0.4 is 9.47 Å². The Morgan fingerprint density at radius 1 is 0.500 bits per heavy atom. The first-order valence-corrected chi connectivity index (χ1v) is 17.8. The first-order chi connectivity index (χ1) is 14.5. The molecule has 1 fully saturated rings. The molecule has 1 aliphatic carbocycles. The van der Waals surface area contributed by atoms with Crippen LogP contribution in [0.2, 0.25) is 0 Å². The lowest BCUT2D eigenvalue weighted by Crippen LogP contribution is -2.82. The second-order valence-corrected chi connectivity index (χ2v) is 24.2. The van der Waals surface area contributed by atoms with Gasteiger partial charge in [-0.2, -0.15) is 0 Å². The van der Waals surface area contributed by atoms with E-state index < -0.39 is 22.0 Å². The number of hydrogen-bond acceptors (Lipinski definition) is 2. The van der Waals surface area contributed by atoms with E-state index in [2.05, 4.69) is 191 Å². The van der Waals surface area contributed by atoms with Gasteiger partial charge in [0, 0.05) is 4.47 Å². The molecule has 0 bridgehead atoms. The monoisotopic (exact) mass is 1200 g/mol. The van der Waals surface area contributed by atoms with E-state index in [1.165, 1.54) is 0 Å². The van der Waals surface area contributed by atoms with E-state index in [-0.39, 0.29) is 0 Å². The van der Waals surface area contributed by atoms with Crippen molar-refractivity contribution < 1.29 is 9.47 Å². The summed E-state index contributed by atoms with van der Waals surface area (Å²) in [6.07, 6.45) is 0. The van der Waals surface area contributed by atoms with Crippen LogP contribution >= 0.6 is 191 Å². The minimum Gasteiger partial charge on any atom is -0.471 e. The van der Waals surface area contributed by atoms with Crippen molar-refractivity contribution in [1.29, 1.82) is 0 Å². The van der Waals surface area contributed by atoms with E-state index >= 15 is 0 Å². The molecule has 1 saturated carbocycles. The van der Waals surface area contributed by atoms with Crippen LogP contribution in [0.25, 0.3) is 0 Å². The highest BCUT2D eigenvalue weighted by atomic mass is 79.9. The summed E-state index contributed by atoms with van der Waals surface area (Å²) in [6.45, 7) is 0. The van der Waals surface area contributed by atoms with Crippen molar-refractivity contribution >= 4 is 191 Å². The quantitative estimate of drug-likeness (QED) is 0.284. The molecule has 0 saturated heterocycles. The number of halogens is 12. The second kappa shape index (κ2) is 10.4. The number of ether oxygens (including phenoxy) is 2.